The van der Waals surface area contributed by atoms with E-state index < -0.39 is 105 Å². The second-order valence-corrected chi connectivity index (χ2v) is 8.40. The van der Waals surface area contributed by atoms with E-state index in [0.29, 0.717) is 24.3 Å². The SMILES string of the molecule is C=C(C(=O)Oc1cc(OC(=O)C(=C)C(F)(F)F)c2cc(OC(=O)C(=C)C(F)(F)F)c(OC(=O)C(=C)C(F)(F)F)cc2c1)C(F)(F)F. The lowest BCUT2D eigenvalue weighted by molar-refractivity contribution is -0.145. The molecule has 8 nitrogen and oxygen atoms in total. The molecule has 0 atom stereocenters. The Balaban J connectivity index is 2.86. The van der Waals surface area contributed by atoms with Gasteiger partial charge in [0.25, 0.3) is 0 Å². The molecule has 0 unspecified atom stereocenters. The molecule has 0 aromatic heterocycles. The van der Waals surface area contributed by atoms with Crippen LogP contribution < -0.4 is 18.9 Å². The van der Waals surface area contributed by atoms with Gasteiger partial charge in [-0.25, -0.2) is 19.2 Å². The van der Waals surface area contributed by atoms with Crippen molar-refractivity contribution in [2.24, 2.45) is 0 Å². The molecule has 46 heavy (non-hydrogen) atoms. The Morgan fingerprint density at radius 3 is 1.09 bits per heavy atom. The Labute approximate surface area is 246 Å². The number of benzene rings is 2. The number of ether oxygens (including phenoxy) is 4. The maximum atomic E-state index is 13.0. The first-order valence-corrected chi connectivity index (χ1v) is 11.2. The van der Waals surface area contributed by atoms with E-state index in [1.165, 1.54) is 0 Å². The van der Waals surface area contributed by atoms with Gasteiger partial charge in [0, 0.05) is 11.5 Å². The molecule has 0 spiro atoms. The normalized spacial score (nSPS) is 12.2. The van der Waals surface area contributed by atoms with E-state index in [1.807, 2.05) is 0 Å². The van der Waals surface area contributed by atoms with Crippen LogP contribution in [0.25, 0.3) is 10.8 Å². The van der Waals surface area contributed by atoms with Crippen molar-refractivity contribution in [1.82, 2.24) is 0 Å². The van der Waals surface area contributed by atoms with E-state index in [-0.39, 0.29) is 0 Å². The number of halogens is 12. The van der Waals surface area contributed by atoms with Crippen LogP contribution in [0.4, 0.5) is 52.7 Å². The van der Waals surface area contributed by atoms with Gasteiger partial charge in [-0.3, -0.25) is 0 Å². The second-order valence-electron chi connectivity index (χ2n) is 8.40. The predicted octanol–water partition coefficient (Wildman–Crippen LogP) is 6.94. The van der Waals surface area contributed by atoms with Gasteiger partial charge >= 0.3 is 48.6 Å². The van der Waals surface area contributed by atoms with Crippen LogP contribution in [0, 0.1) is 0 Å². The predicted molar refractivity (Wildman–Crippen MR) is 127 cm³/mol. The summed E-state index contributed by atoms with van der Waals surface area (Å²) in [4.78, 5) is 48.1. The Morgan fingerprint density at radius 1 is 0.435 bits per heavy atom. The van der Waals surface area contributed by atoms with E-state index in [4.69, 9.17) is 0 Å². The average Bonchev–Trinajstić information content (AvgIpc) is 2.89. The van der Waals surface area contributed by atoms with E-state index >= 15 is 0 Å². The van der Waals surface area contributed by atoms with Crippen molar-refractivity contribution < 1.29 is 90.8 Å². The molecule has 0 aliphatic rings. The van der Waals surface area contributed by atoms with Crippen LogP contribution in [0.3, 0.4) is 0 Å². The van der Waals surface area contributed by atoms with Gasteiger partial charge in [0.2, 0.25) is 0 Å². The fourth-order valence-electron chi connectivity index (χ4n) is 2.73. The van der Waals surface area contributed by atoms with Crippen molar-refractivity contribution >= 4 is 34.6 Å². The van der Waals surface area contributed by atoms with Crippen molar-refractivity contribution in [2.45, 2.75) is 24.7 Å². The second kappa shape index (κ2) is 12.6. The number of hydrogen-bond acceptors (Lipinski definition) is 8. The van der Waals surface area contributed by atoms with Crippen molar-refractivity contribution in [3.05, 3.63) is 72.9 Å². The van der Waals surface area contributed by atoms with Crippen molar-refractivity contribution in [3.63, 3.8) is 0 Å². The Morgan fingerprint density at radius 2 is 0.739 bits per heavy atom. The van der Waals surface area contributed by atoms with E-state index in [1.54, 1.807) is 0 Å². The molecule has 2 aromatic carbocycles. The van der Waals surface area contributed by atoms with Crippen LogP contribution in [0.1, 0.15) is 0 Å². The summed E-state index contributed by atoms with van der Waals surface area (Å²) in [5.74, 6) is -14.2. The highest BCUT2D eigenvalue weighted by molar-refractivity contribution is 6.00. The molecule has 2 aromatic rings. The zero-order valence-electron chi connectivity index (χ0n) is 21.9. The fourth-order valence-corrected chi connectivity index (χ4v) is 2.73. The summed E-state index contributed by atoms with van der Waals surface area (Å²) in [5, 5.41) is -1.52. The first-order chi connectivity index (χ1) is 20.6. The van der Waals surface area contributed by atoms with E-state index in [9.17, 15) is 71.9 Å². The van der Waals surface area contributed by atoms with Crippen molar-refractivity contribution in [2.75, 3.05) is 0 Å². The fraction of sp³-hybridized carbons (Fsp3) is 0.154. The largest absolute Gasteiger partial charge is 0.423 e. The zero-order valence-corrected chi connectivity index (χ0v) is 21.9. The first-order valence-electron chi connectivity index (χ1n) is 11.2. The molecule has 0 bridgehead atoms. The molecule has 0 fully saturated rings. The van der Waals surface area contributed by atoms with Crippen LogP contribution in [0.5, 0.6) is 23.0 Å². The van der Waals surface area contributed by atoms with Gasteiger partial charge in [-0.15, -0.1) is 0 Å². The highest BCUT2D eigenvalue weighted by Gasteiger charge is 2.42. The summed E-state index contributed by atoms with van der Waals surface area (Å²) in [6.07, 6.45) is -21.7. The highest BCUT2D eigenvalue weighted by Crippen LogP contribution is 2.42. The molecule has 0 aliphatic carbocycles. The average molecular weight is 680 g/mol. The van der Waals surface area contributed by atoms with E-state index in [0.717, 1.165) is 0 Å². The molecule has 0 aliphatic heterocycles. The van der Waals surface area contributed by atoms with Crippen LogP contribution in [0.15, 0.2) is 72.9 Å². The molecule has 20 heteroatoms. The summed E-state index contributed by atoms with van der Waals surface area (Å²) in [6.45, 7) is 9.72. The quantitative estimate of drug-likeness (QED) is 0.128. The van der Waals surface area contributed by atoms with Crippen LogP contribution in [-0.2, 0) is 19.2 Å². The maximum Gasteiger partial charge on any atom is 0.422 e. The minimum absolute atomic E-state index is 0.301. The number of esters is 4. The topological polar surface area (TPSA) is 105 Å². The number of carbonyl (C=O) groups is 4. The number of carbonyl (C=O) groups excluding carboxylic acids is 4. The summed E-state index contributed by atoms with van der Waals surface area (Å²) >= 11 is 0. The van der Waals surface area contributed by atoms with Gasteiger partial charge in [0.05, 0.1) is 0 Å². The minimum Gasteiger partial charge on any atom is -0.423 e. The molecule has 0 saturated carbocycles. The smallest absolute Gasteiger partial charge is 0.422 e. The third-order valence-corrected chi connectivity index (χ3v) is 5.13. The summed E-state index contributed by atoms with van der Waals surface area (Å²) < 4.78 is 173. The Hall–Kier alpha value is -5.30. The minimum atomic E-state index is -5.45. The number of rotatable bonds is 8. The van der Waals surface area contributed by atoms with Crippen molar-refractivity contribution in [1.29, 1.82) is 0 Å². The summed E-state index contributed by atoms with van der Waals surface area (Å²) in [7, 11) is 0. The van der Waals surface area contributed by atoms with Gasteiger partial charge in [-0.05, 0) is 23.6 Å². The maximum absolute atomic E-state index is 13.0. The number of alkyl halides is 12. The molecule has 0 radical (unpaired) electrons. The monoisotopic (exact) mass is 680 g/mol. The third kappa shape index (κ3) is 8.88. The Bertz CT molecular complexity index is 1680. The van der Waals surface area contributed by atoms with Gasteiger partial charge < -0.3 is 18.9 Å². The summed E-state index contributed by atoms with van der Waals surface area (Å²) in [6, 6.07) is 1.46. The van der Waals surface area contributed by atoms with Gasteiger partial charge in [-0.2, -0.15) is 52.7 Å². The molecule has 2 rings (SSSR count). The lowest BCUT2D eigenvalue weighted by Gasteiger charge is -2.17. The number of fused-ring (bicyclic) bond motifs is 1. The van der Waals surface area contributed by atoms with E-state index in [2.05, 4.69) is 45.3 Å². The van der Waals surface area contributed by atoms with Crippen LogP contribution >= 0.6 is 0 Å². The third-order valence-electron chi connectivity index (χ3n) is 5.13. The number of hydrogen-bond donors (Lipinski definition) is 0. The molecule has 0 amide bonds. The van der Waals surface area contributed by atoms with Gasteiger partial charge in [-0.1, -0.05) is 26.3 Å². The zero-order chi connectivity index (χ0) is 35.7. The Kier molecular flexibility index (Phi) is 10.1. The summed E-state index contributed by atoms with van der Waals surface area (Å²) in [5.41, 5.74) is -8.73. The molecule has 0 N–H and O–H groups in total. The lowest BCUT2D eigenvalue weighted by Crippen LogP contribution is -2.25. The van der Waals surface area contributed by atoms with Gasteiger partial charge in [0.15, 0.2) is 11.5 Å². The standard InChI is InChI=1S/C26H12F12O8/c1-9(23(27,28)29)19(39)43-14-5-13-6-17(45-21(41)11(3)25(33,34)35)18(46-22(42)12(4)26(36,37)38)8-15(13)16(7-14)44-20(40)10(2)24(30,31)32/h5-8H,1-4H2. The van der Waals surface area contributed by atoms with Crippen LogP contribution in [-0.4, -0.2) is 48.6 Å². The molecule has 0 heterocycles. The van der Waals surface area contributed by atoms with Crippen LogP contribution in [0.2, 0.25) is 0 Å². The lowest BCUT2D eigenvalue weighted by atomic mass is 10.1. The highest BCUT2D eigenvalue weighted by atomic mass is 19.4. The first kappa shape index (κ1) is 36.9. The van der Waals surface area contributed by atoms with Gasteiger partial charge in [0.1, 0.15) is 33.8 Å². The molecular weight excluding hydrogens is 668 g/mol. The molecule has 248 valence electrons. The van der Waals surface area contributed by atoms with Crippen molar-refractivity contribution in [3.8, 4) is 23.0 Å². The molecule has 0 saturated heterocycles. The molecular formula is C26H12F12O8.